The van der Waals surface area contributed by atoms with Crippen LogP contribution in [0.3, 0.4) is 0 Å². The van der Waals surface area contributed by atoms with Crippen LogP contribution in [0.5, 0.6) is 0 Å². The average Bonchev–Trinajstić information content (AvgIpc) is 3.40. The van der Waals surface area contributed by atoms with E-state index in [2.05, 4.69) is 41.6 Å². The lowest BCUT2D eigenvalue weighted by atomic mass is 10.0. The molecule has 23 heavy (non-hydrogen) atoms. The van der Waals surface area contributed by atoms with Gasteiger partial charge in [0.2, 0.25) is 0 Å². The molecule has 0 aromatic heterocycles. The van der Waals surface area contributed by atoms with Crippen LogP contribution < -0.4 is 0 Å². The predicted molar refractivity (Wildman–Crippen MR) is 92.3 cm³/mol. The normalized spacial score (nSPS) is 14.7. The Balaban J connectivity index is 1.67. The molecule has 0 heterocycles. The van der Waals surface area contributed by atoms with E-state index in [1.54, 1.807) is 7.11 Å². The first-order valence-electron chi connectivity index (χ1n) is 8.16. The molecule has 0 saturated heterocycles. The van der Waals surface area contributed by atoms with Crippen LogP contribution in [-0.4, -0.2) is 12.8 Å². The molecule has 2 aromatic rings. The molecular weight excluding hydrogens is 286 g/mol. The first-order valence-corrected chi connectivity index (χ1v) is 8.16. The molecule has 3 heteroatoms. The van der Waals surface area contributed by atoms with E-state index in [-0.39, 0.29) is 0 Å². The standard InChI is InChI=1S/C20H23NO2/c1-22-14-18-9-11-19(12-10-18)20(13-16-7-8-16)21-23-15-17-5-3-2-4-6-17/h2-6,9-12,16H,7-8,13-15H2,1H3/b21-20+. The first kappa shape index (κ1) is 15.8. The van der Waals surface area contributed by atoms with Gasteiger partial charge >= 0.3 is 0 Å². The third-order valence-electron chi connectivity index (χ3n) is 4.03. The monoisotopic (exact) mass is 309 g/mol. The van der Waals surface area contributed by atoms with Gasteiger partial charge < -0.3 is 9.57 Å². The van der Waals surface area contributed by atoms with Crippen molar-refractivity contribution in [3.8, 4) is 0 Å². The molecule has 1 aliphatic rings. The van der Waals surface area contributed by atoms with Crippen molar-refractivity contribution in [1.82, 2.24) is 0 Å². The molecule has 0 aliphatic heterocycles. The molecule has 0 amide bonds. The average molecular weight is 309 g/mol. The lowest BCUT2D eigenvalue weighted by Gasteiger charge is -2.08. The molecular formula is C20H23NO2. The van der Waals surface area contributed by atoms with Crippen LogP contribution in [0.1, 0.15) is 36.0 Å². The van der Waals surface area contributed by atoms with Gasteiger partial charge in [-0.2, -0.15) is 0 Å². The molecule has 3 nitrogen and oxygen atoms in total. The summed E-state index contributed by atoms with van der Waals surface area (Å²) in [7, 11) is 1.71. The van der Waals surface area contributed by atoms with Gasteiger partial charge in [0.15, 0.2) is 0 Å². The molecule has 1 saturated carbocycles. The number of ether oxygens (including phenoxy) is 1. The second-order valence-electron chi connectivity index (χ2n) is 6.07. The summed E-state index contributed by atoms with van der Waals surface area (Å²) in [4.78, 5) is 5.61. The van der Waals surface area contributed by atoms with Gasteiger partial charge in [-0.25, -0.2) is 0 Å². The lowest BCUT2D eigenvalue weighted by Crippen LogP contribution is -2.04. The van der Waals surface area contributed by atoms with Gasteiger partial charge in [0, 0.05) is 7.11 Å². The molecule has 3 rings (SSSR count). The number of oxime groups is 1. The predicted octanol–water partition coefficient (Wildman–Crippen LogP) is 4.55. The van der Waals surface area contributed by atoms with Gasteiger partial charge in [0.25, 0.3) is 0 Å². The Labute approximate surface area is 137 Å². The zero-order valence-electron chi connectivity index (χ0n) is 13.6. The molecule has 0 bridgehead atoms. The summed E-state index contributed by atoms with van der Waals surface area (Å²) in [6, 6.07) is 18.6. The second-order valence-corrected chi connectivity index (χ2v) is 6.07. The number of benzene rings is 2. The summed E-state index contributed by atoms with van der Waals surface area (Å²) in [6.07, 6.45) is 3.61. The molecule has 2 aromatic carbocycles. The topological polar surface area (TPSA) is 30.8 Å². The van der Waals surface area contributed by atoms with E-state index in [0.29, 0.717) is 13.2 Å². The van der Waals surface area contributed by atoms with Crippen molar-refractivity contribution in [3.05, 3.63) is 71.3 Å². The molecule has 120 valence electrons. The highest BCUT2D eigenvalue weighted by molar-refractivity contribution is 6.00. The Morgan fingerprint density at radius 2 is 1.65 bits per heavy atom. The largest absolute Gasteiger partial charge is 0.391 e. The smallest absolute Gasteiger partial charge is 0.142 e. The summed E-state index contributed by atoms with van der Waals surface area (Å²) in [6.45, 7) is 1.15. The van der Waals surface area contributed by atoms with Crippen molar-refractivity contribution in [2.45, 2.75) is 32.5 Å². The third kappa shape index (κ3) is 4.93. The highest BCUT2D eigenvalue weighted by Gasteiger charge is 2.24. The summed E-state index contributed by atoms with van der Waals surface area (Å²) in [5.74, 6) is 0.771. The van der Waals surface area contributed by atoms with Crippen molar-refractivity contribution in [2.75, 3.05) is 7.11 Å². The minimum absolute atomic E-state index is 0.511. The SMILES string of the molecule is COCc1ccc(/C(CC2CC2)=N/OCc2ccccc2)cc1. The number of hydrogen-bond acceptors (Lipinski definition) is 3. The summed E-state index contributed by atoms with van der Waals surface area (Å²) >= 11 is 0. The summed E-state index contributed by atoms with van der Waals surface area (Å²) < 4.78 is 5.16. The quantitative estimate of drug-likeness (QED) is 0.529. The summed E-state index contributed by atoms with van der Waals surface area (Å²) in [5.41, 5.74) is 4.50. The van der Waals surface area contributed by atoms with Crippen molar-refractivity contribution in [2.24, 2.45) is 11.1 Å². The molecule has 1 fully saturated rings. The molecule has 0 spiro atoms. The minimum Gasteiger partial charge on any atom is -0.391 e. The van der Waals surface area contributed by atoms with E-state index in [9.17, 15) is 0 Å². The van der Waals surface area contributed by atoms with Crippen molar-refractivity contribution in [3.63, 3.8) is 0 Å². The molecule has 0 N–H and O–H groups in total. The van der Waals surface area contributed by atoms with Crippen LogP contribution in [0.25, 0.3) is 0 Å². The third-order valence-corrected chi connectivity index (χ3v) is 4.03. The highest BCUT2D eigenvalue weighted by atomic mass is 16.6. The Bertz CT molecular complexity index is 630. The van der Waals surface area contributed by atoms with Crippen molar-refractivity contribution >= 4 is 5.71 Å². The van der Waals surface area contributed by atoms with Crippen LogP contribution in [0.15, 0.2) is 59.8 Å². The maximum Gasteiger partial charge on any atom is 0.142 e. The number of methoxy groups -OCH3 is 1. The van der Waals surface area contributed by atoms with Gasteiger partial charge in [-0.15, -0.1) is 0 Å². The van der Waals surface area contributed by atoms with E-state index in [0.717, 1.165) is 29.2 Å². The van der Waals surface area contributed by atoms with Gasteiger partial charge in [0.05, 0.1) is 12.3 Å². The molecule has 0 atom stereocenters. The Hall–Kier alpha value is -2.13. The maximum atomic E-state index is 5.61. The van der Waals surface area contributed by atoms with Gasteiger partial charge in [-0.3, -0.25) is 0 Å². The molecule has 0 unspecified atom stereocenters. The zero-order valence-corrected chi connectivity index (χ0v) is 13.6. The van der Waals surface area contributed by atoms with E-state index in [1.807, 2.05) is 18.2 Å². The van der Waals surface area contributed by atoms with Gasteiger partial charge in [-0.1, -0.05) is 59.8 Å². The Morgan fingerprint density at radius 3 is 2.30 bits per heavy atom. The number of nitrogens with zero attached hydrogens (tertiary/aromatic N) is 1. The van der Waals surface area contributed by atoms with E-state index in [1.165, 1.54) is 18.4 Å². The van der Waals surface area contributed by atoms with Crippen LogP contribution >= 0.6 is 0 Å². The van der Waals surface area contributed by atoms with Crippen LogP contribution in [-0.2, 0) is 22.8 Å². The van der Waals surface area contributed by atoms with Crippen LogP contribution in [0.4, 0.5) is 0 Å². The molecule has 0 radical (unpaired) electrons. The van der Waals surface area contributed by atoms with E-state index < -0.39 is 0 Å². The first-order chi connectivity index (χ1) is 11.3. The minimum atomic E-state index is 0.511. The number of hydrogen-bond donors (Lipinski definition) is 0. The maximum absolute atomic E-state index is 5.61. The lowest BCUT2D eigenvalue weighted by molar-refractivity contribution is 0.130. The number of rotatable bonds is 8. The Morgan fingerprint density at radius 1 is 0.957 bits per heavy atom. The fraction of sp³-hybridized carbons (Fsp3) is 0.350. The van der Waals surface area contributed by atoms with Crippen LogP contribution in [0, 0.1) is 5.92 Å². The van der Waals surface area contributed by atoms with Crippen LogP contribution in [0.2, 0.25) is 0 Å². The zero-order chi connectivity index (χ0) is 15.9. The fourth-order valence-electron chi connectivity index (χ4n) is 2.52. The highest BCUT2D eigenvalue weighted by Crippen LogP contribution is 2.34. The van der Waals surface area contributed by atoms with Crippen molar-refractivity contribution in [1.29, 1.82) is 0 Å². The van der Waals surface area contributed by atoms with Gasteiger partial charge in [0.1, 0.15) is 6.61 Å². The summed E-state index contributed by atoms with van der Waals surface area (Å²) in [5, 5.41) is 4.43. The molecule has 1 aliphatic carbocycles. The van der Waals surface area contributed by atoms with Crippen molar-refractivity contribution < 1.29 is 9.57 Å². The fourth-order valence-corrected chi connectivity index (χ4v) is 2.52. The van der Waals surface area contributed by atoms with E-state index >= 15 is 0 Å². The Kier molecular flexibility index (Phi) is 5.43. The second kappa shape index (κ2) is 7.93. The van der Waals surface area contributed by atoms with Gasteiger partial charge in [-0.05, 0) is 41.9 Å². The van der Waals surface area contributed by atoms with E-state index in [4.69, 9.17) is 9.57 Å².